The third kappa shape index (κ3) is 3.75. The molecular formula is C10H12ClFN2O. The predicted octanol–water partition coefficient (Wildman–Crippen LogP) is 2.57. The molecule has 0 radical (unpaired) electrons. The van der Waals surface area contributed by atoms with Gasteiger partial charge in [-0.15, -0.1) is 0 Å². The second kappa shape index (κ2) is 5.56. The van der Waals surface area contributed by atoms with Gasteiger partial charge in [-0.3, -0.25) is 5.41 Å². The zero-order valence-corrected chi connectivity index (χ0v) is 8.85. The molecule has 0 saturated carbocycles. The number of nitrogens with two attached hydrogens (primary N) is 1. The molecule has 3 N–H and O–H groups in total. The molecule has 0 spiro atoms. The van der Waals surface area contributed by atoms with Crippen LogP contribution in [0.25, 0.3) is 0 Å². The van der Waals surface area contributed by atoms with Gasteiger partial charge in [0.25, 0.3) is 0 Å². The third-order valence-corrected chi connectivity index (χ3v) is 2.05. The normalized spacial score (nSPS) is 10.0. The average molecular weight is 231 g/mol. The van der Waals surface area contributed by atoms with Crippen LogP contribution in [0.5, 0.6) is 5.75 Å². The zero-order valence-electron chi connectivity index (χ0n) is 8.09. The van der Waals surface area contributed by atoms with Gasteiger partial charge in [-0.25, -0.2) is 4.39 Å². The maximum Gasteiger partial charge on any atom is 0.173 e. The van der Waals surface area contributed by atoms with E-state index in [0.29, 0.717) is 19.4 Å². The van der Waals surface area contributed by atoms with Crippen LogP contribution in [0, 0.1) is 11.2 Å². The summed E-state index contributed by atoms with van der Waals surface area (Å²) >= 11 is 5.74. The summed E-state index contributed by atoms with van der Waals surface area (Å²) in [7, 11) is 0. The lowest BCUT2D eigenvalue weighted by molar-refractivity contribution is 0.298. The molecule has 0 aliphatic carbocycles. The van der Waals surface area contributed by atoms with Crippen molar-refractivity contribution in [1.29, 1.82) is 5.41 Å². The number of hydrogen-bond acceptors (Lipinski definition) is 2. The Morgan fingerprint density at radius 3 is 2.87 bits per heavy atom. The number of benzene rings is 1. The number of hydrogen-bond donors (Lipinski definition) is 2. The summed E-state index contributed by atoms with van der Waals surface area (Å²) in [6.07, 6.45) is 1.01. The minimum Gasteiger partial charge on any atom is -0.489 e. The molecule has 0 aromatic heterocycles. The summed E-state index contributed by atoms with van der Waals surface area (Å²) in [6.45, 7) is 0.292. The van der Waals surface area contributed by atoms with Gasteiger partial charge in [-0.1, -0.05) is 17.7 Å². The van der Waals surface area contributed by atoms with Crippen LogP contribution in [0.3, 0.4) is 0 Å². The number of para-hydroxylation sites is 1. The van der Waals surface area contributed by atoms with Crippen molar-refractivity contribution in [3.05, 3.63) is 29.0 Å². The molecule has 1 aromatic carbocycles. The van der Waals surface area contributed by atoms with E-state index in [1.54, 1.807) is 6.07 Å². The molecule has 1 aromatic rings. The second-order valence-corrected chi connectivity index (χ2v) is 3.44. The number of rotatable bonds is 5. The highest BCUT2D eigenvalue weighted by Crippen LogP contribution is 2.27. The highest BCUT2D eigenvalue weighted by atomic mass is 35.5. The van der Waals surface area contributed by atoms with Crippen LogP contribution in [0.15, 0.2) is 18.2 Å². The van der Waals surface area contributed by atoms with Gasteiger partial charge < -0.3 is 10.5 Å². The molecule has 3 nitrogen and oxygen atoms in total. The summed E-state index contributed by atoms with van der Waals surface area (Å²) in [5.41, 5.74) is 5.16. The van der Waals surface area contributed by atoms with Gasteiger partial charge in [0.05, 0.1) is 17.5 Å². The Morgan fingerprint density at radius 1 is 1.53 bits per heavy atom. The minimum absolute atomic E-state index is 0.0581. The summed E-state index contributed by atoms with van der Waals surface area (Å²) in [6, 6.07) is 4.36. The predicted molar refractivity (Wildman–Crippen MR) is 58.1 cm³/mol. The molecule has 15 heavy (non-hydrogen) atoms. The topological polar surface area (TPSA) is 59.1 Å². The van der Waals surface area contributed by atoms with E-state index in [9.17, 15) is 4.39 Å². The van der Waals surface area contributed by atoms with E-state index in [2.05, 4.69) is 0 Å². The SMILES string of the molecule is N=C(N)CCCOc1c(F)cccc1Cl. The maximum atomic E-state index is 13.2. The van der Waals surface area contributed by atoms with E-state index in [4.69, 9.17) is 27.5 Å². The van der Waals surface area contributed by atoms with Crippen molar-refractivity contribution >= 4 is 17.4 Å². The van der Waals surface area contributed by atoms with Crippen LogP contribution in [-0.2, 0) is 0 Å². The first-order valence-electron chi connectivity index (χ1n) is 4.51. The Kier molecular flexibility index (Phi) is 4.37. The fraction of sp³-hybridized carbons (Fsp3) is 0.300. The Bertz CT molecular complexity index is 337. The molecule has 0 atom stereocenters. The minimum atomic E-state index is -0.481. The number of ether oxygens (including phenoxy) is 1. The molecule has 0 fully saturated rings. The largest absolute Gasteiger partial charge is 0.489 e. The van der Waals surface area contributed by atoms with Crippen molar-refractivity contribution < 1.29 is 9.13 Å². The lowest BCUT2D eigenvalue weighted by Gasteiger charge is -2.08. The molecule has 0 aliphatic heterocycles. The molecule has 0 amide bonds. The van der Waals surface area contributed by atoms with Crippen molar-refractivity contribution in [2.24, 2.45) is 5.73 Å². The summed E-state index contributed by atoms with van der Waals surface area (Å²) in [5.74, 6) is -0.328. The molecule has 82 valence electrons. The van der Waals surface area contributed by atoms with E-state index in [0.717, 1.165) is 0 Å². The van der Waals surface area contributed by atoms with Crippen LogP contribution in [-0.4, -0.2) is 12.4 Å². The first-order chi connectivity index (χ1) is 7.11. The first kappa shape index (κ1) is 11.8. The quantitative estimate of drug-likeness (QED) is 0.464. The summed E-state index contributed by atoms with van der Waals surface area (Å²) in [5, 5.41) is 7.23. The molecule has 1 rings (SSSR count). The second-order valence-electron chi connectivity index (χ2n) is 3.03. The van der Waals surface area contributed by atoms with E-state index >= 15 is 0 Å². The van der Waals surface area contributed by atoms with Crippen molar-refractivity contribution in [3.63, 3.8) is 0 Å². The van der Waals surface area contributed by atoms with E-state index < -0.39 is 5.82 Å². The Hall–Kier alpha value is -1.29. The van der Waals surface area contributed by atoms with Gasteiger partial charge >= 0.3 is 0 Å². The smallest absolute Gasteiger partial charge is 0.173 e. The zero-order chi connectivity index (χ0) is 11.3. The molecule has 0 unspecified atom stereocenters. The van der Waals surface area contributed by atoms with Crippen LogP contribution < -0.4 is 10.5 Å². The number of nitrogens with one attached hydrogen (secondary N) is 1. The Balaban J connectivity index is 2.47. The first-order valence-corrected chi connectivity index (χ1v) is 4.88. The number of halogens is 2. The standard InChI is InChI=1S/C10H12ClFN2O/c11-7-3-1-4-8(12)10(7)15-6-2-5-9(13)14/h1,3-4H,2,5-6H2,(H3,13,14). The van der Waals surface area contributed by atoms with Crippen molar-refractivity contribution in [2.45, 2.75) is 12.8 Å². The van der Waals surface area contributed by atoms with Crippen molar-refractivity contribution in [1.82, 2.24) is 0 Å². The highest BCUT2D eigenvalue weighted by molar-refractivity contribution is 6.32. The van der Waals surface area contributed by atoms with Gasteiger partial charge in [0, 0.05) is 6.42 Å². The number of amidine groups is 1. The molecule has 0 aliphatic rings. The fourth-order valence-corrected chi connectivity index (χ4v) is 1.27. The highest BCUT2D eigenvalue weighted by Gasteiger charge is 2.07. The molecule has 5 heteroatoms. The molecule has 0 heterocycles. The lowest BCUT2D eigenvalue weighted by atomic mass is 10.3. The van der Waals surface area contributed by atoms with E-state index in [-0.39, 0.29) is 16.6 Å². The van der Waals surface area contributed by atoms with Gasteiger partial charge in [0.2, 0.25) is 0 Å². The van der Waals surface area contributed by atoms with Crippen molar-refractivity contribution in [3.8, 4) is 5.75 Å². The van der Waals surface area contributed by atoms with Crippen LogP contribution in [0.4, 0.5) is 4.39 Å². The fourth-order valence-electron chi connectivity index (χ4n) is 1.06. The Morgan fingerprint density at radius 2 is 2.27 bits per heavy atom. The van der Waals surface area contributed by atoms with E-state index in [1.807, 2.05) is 0 Å². The van der Waals surface area contributed by atoms with Gasteiger partial charge in [0.1, 0.15) is 0 Å². The van der Waals surface area contributed by atoms with Crippen LogP contribution in [0.2, 0.25) is 5.02 Å². The lowest BCUT2D eigenvalue weighted by Crippen LogP contribution is -2.11. The van der Waals surface area contributed by atoms with Crippen LogP contribution >= 0.6 is 11.6 Å². The molecular weight excluding hydrogens is 219 g/mol. The summed E-state index contributed by atoms with van der Waals surface area (Å²) < 4.78 is 18.3. The third-order valence-electron chi connectivity index (χ3n) is 1.76. The van der Waals surface area contributed by atoms with Gasteiger partial charge in [-0.05, 0) is 18.6 Å². The average Bonchev–Trinajstić information content (AvgIpc) is 2.15. The summed E-state index contributed by atoms with van der Waals surface area (Å²) in [4.78, 5) is 0. The van der Waals surface area contributed by atoms with Crippen molar-refractivity contribution in [2.75, 3.05) is 6.61 Å². The Labute approximate surface area is 92.5 Å². The van der Waals surface area contributed by atoms with Gasteiger partial charge in [-0.2, -0.15) is 0 Å². The maximum absolute atomic E-state index is 13.2. The van der Waals surface area contributed by atoms with E-state index in [1.165, 1.54) is 12.1 Å². The molecule has 0 saturated heterocycles. The molecule has 0 bridgehead atoms. The van der Waals surface area contributed by atoms with Crippen LogP contribution in [0.1, 0.15) is 12.8 Å². The monoisotopic (exact) mass is 230 g/mol. The van der Waals surface area contributed by atoms with Gasteiger partial charge in [0.15, 0.2) is 11.6 Å².